The highest BCUT2D eigenvalue weighted by molar-refractivity contribution is 4.68. The van der Waals surface area contributed by atoms with E-state index in [0.717, 1.165) is 32.2 Å². The van der Waals surface area contributed by atoms with Crippen LogP contribution in [0.25, 0.3) is 0 Å². The third-order valence-electron chi connectivity index (χ3n) is 3.01. The average molecular weight is 199 g/mol. The summed E-state index contributed by atoms with van der Waals surface area (Å²) in [6.45, 7) is 10.0. The van der Waals surface area contributed by atoms with Gasteiger partial charge in [-0.05, 0) is 18.8 Å². The van der Waals surface area contributed by atoms with Crippen LogP contribution in [0.4, 0.5) is 0 Å². The van der Waals surface area contributed by atoms with Gasteiger partial charge in [0.1, 0.15) is 0 Å². The largest absolute Gasteiger partial charge is 0.379 e. The van der Waals surface area contributed by atoms with Crippen LogP contribution >= 0.6 is 0 Å². The maximum atomic E-state index is 5.36. The van der Waals surface area contributed by atoms with Crippen molar-refractivity contribution in [1.82, 2.24) is 4.90 Å². The van der Waals surface area contributed by atoms with Gasteiger partial charge in [0, 0.05) is 19.6 Å². The summed E-state index contributed by atoms with van der Waals surface area (Å²) in [6.07, 6.45) is 5.44. The molecule has 0 aromatic carbocycles. The summed E-state index contributed by atoms with van der Waals surface area (Å²) in [5, 5.41) is 0. The van der Waals surface area contributed by atoms with E-state index in [9.17, 15) is 0 Å². The van der Waals surface area contributed by atoms with Crippen molar-refractivity contribution in [2.75, 3.05) is 32.8 Å². The van der Waals surface area contributed by atoms with E-state index in [1.54, 1.807) is 0 Å². The number of nitrogens with zero attached hydrogens (tertiary/aromatic N) is 1. The van der Waals surface area contributed by atoms with Crippen molar-refractivity contribution < 1.29 is 4.74 Å². The summed E-state index contributed by atoms with van der Waals surface area (Å²) < 4.78 is 5.36. The molecule has 0 amide bonds. The Labute approximate surface area is 88.6 Å². The summed E-state index contributed by atoms with van der Waals surface area (Å²) in [6, 6.07) is 0. The van der Waals surface area contributed by atoms with E-state index < -0.39 is 0 Å². The predicted octanol–water partition coefficient (Wildman–Crippen LogP) is 2.54. The van der Waals surface area contributed by atoms with Crippen LogP contribution in [-0.4, -0.2) is 37.7 Å². The SMILES string of the molecule is CCCC(CCC)CN1CCOCC1. The number of morpholine rings is 1. The summed E-state index contributed by atoms with van der Waals surface area (Å²) in [7, 11) is 0. The van der Waals surface area contributed by atoms with Crippen molar-refractivity contribution >= 4 is 0 Å². The Morgan fingerprint density at radius 1 is 1.07 bits per heavy atom. The molecule has 0 radical (unpaired) electrons. The molecule has 1 rings (SSSR count). The van der Waals surface area contributed by atoms with Crippen LogP contribution in [0.1, 0.15) is 39.5 Å². The molecule has 0 aliphatic carbocycles. The van der Waals surface area contributed by atoms with Crippen LogP contribution in [0.5, 0.6) is 0 Å². The molecule has 84 valence electrons. The van der Waals surface area contributed by atoms with Crippen molar-refractivity contribution in [3.05, 3.63) is 0 Å². The number of ether oxygens (including phenoxy) is 1. The zero-order chi connectivity index (χ0) is 10.2. The zero-order valence-corrected chi connectivity index (χ0v) is 9.80. The number of rotatable bonds is 6. The van der Waals surface area contributed by atoms with Gasteiger partial charge in [0.15, 0.2) is 0 Å². The molecule has 1 aliphatic rings. The Bertz CT molecular complexity index is 126. The van der Waals surface area contributed by atoms with Crippen LogP contribution in [0, 0.1) is 5.92 Å². The molecule has 14 heavy (non-hydrogen) atoms. The van der Waals surface area contributed by atoms with Gasteiger partial charge in [-0.15, -0.1) is 0 Å². The maximum absolute atomic E-state index is 5.36. The topological polar surface area (TPSA) is 12.5 Å². The molecule has 1 aliphatic heterocycles. The van der Waals surface area contributed by atoms with Crippen LogP contribution in [0.15, 0.2) is 0 Å². The summed E-state index contributed by atoms with van der Waals surface area (Å²) in [4.78, 5) is 2.57. The quantitative estimate of drug-likeness (QED) is 0.652. The van der Waals surface area contributed by atoms with Gasteiger partial charge < -0.3 is 4.74 Å². The van der Waals surface area contributed by atoms with E-state index in [2.05, 4.69) is 18.7 Å². The van der Waals surface area contributed by atoms with Gasteiger partial charge in [0.05, 0.1) is 13.2 Å². The van der Waals surface area contributed by atoms with Gasteiger partial charge in [-0.25, -0.2) is 0 Å². The highest BCUT2D eigenvalue weighted by Gasteiger charge is 2.15. The van der Waals surface area contributed by atoms with E-state index in [4.69, 9.17) is 4.74 Å². The van der Waals surface area contributed by atoms with Gasteiger partial charge >= 0.3 is 0 Å². The highest BCUT2D eigenvalue weighted by Crippen LogP contribution is 2.15. The molecule has 0 N–H and O–H groups in total. The van der Waals surface area contributed by atoms with Gasteiger partial charge in [-0.1, -0.05) is 26.7 Å². The average Bonchev–Trinajstić information content (AvgIpc) is 2.20. The second kappa shape index (κ2) is 7.24. The van der Waals surface area contributed by atoms with Crippen molar-refractivity contribution in [3.63, 3.8) is 0 Å². The first-order valence-corrected chi connectivity index (χ1v) is 6.16. The minimum absolute atomic E-state index is 0.920. The Morgan fingerprint density at radius 2 is 1.64 bits per heavy atom. The van der Waals surface area contributed by atoms with E-state index in [-0.39, 0.29) is 0 Å². The summed E-state index contributed by atoms with van der Waals surface area (Å²) in [5.74, 6) is 0.920. The van der Waals surface area contributed by atoms with Crippen LogP contribution < -0.4 is 0 Å². The number of hydrogen-bond acceptors (Lipinski definition) is 2. The van der Waals surface area contributed by atoms with E-state index in [0.29, 0.717) is 0 Å². The van der Waals surface area contributed by atoms with Crippen molar-refractivity contribution in [3.8, 4) is 0 Å². The molecule has 0 aromatic heterocycles. The molecule has 0 saturated carbocycles. The third-order valence-corrected chi connectivity index (χ3v) is 3.01. The highest BCUT2D eigenvalue weighted by atomic mass is 16.5. The lowest BCUT2D eigenvalue weighted by Gasteiger charge is -2.30. The fourth-order valence-electron chi connectivity index (χ4n) is 2.29. The Hall–Kier alpha value is -0.0800. The summed E-state index contributed by atoms with van der Waals surface area (Å²) >= 11 is 0. The molecule has 0 spiro atoms. The number of hydrogen-bond donors (Lipinski definition) is 0. The molecule has 0 atom stereocenters. The van der Waals surface area contributed by atoms with Gasteiger partial charge in [-0.2, -0.15) is 0 Å². The first-order chi connectivity index (χ1) is 6.86. The van der Waals surface area contributed by atoms with Crippen LogP contribution in [0.2, 0.25) is 0 Å². The van der Waals surface area contributed by atoms with Crippen molar-refractivity contribution in [2.45, 2.75) is 39.5 Å². The minimum atomic E-state index is 0.920. The third kappa shape index (κ3) is 4.43. The smallest absolute Gasteiger partial charge is 0.0594 e. The molecule has 0 bridgehead atoms. The normalized spacial score (nSPS) is 19.1. The fraction of sp³-hybridized carbons (Fsp3) is 1.00. The Kier molecular flexibility index (Phi) is 6.20. The van der Waals surface area contributed by atoms with Gasteiger partial charge in [0.2, 0.25) is 0 Å². The molecule has 1 fully saturated rings. The Morgan fingerprint density at radius 3 is 2.14 bits per heavy atom. The zero-order valence-electron chi connectivity index (χ0n) is 9.80. The molecule has 2 heteroatoms. The first-order valence-electron chi connectivity index (χ1n) is 6.16. The second-order valence-electron chi connectivity index (χ2n) is 4.36. The van der Waals surface area contributed by atoms with E-state index >= 15 is 0 Å². The molecule has 0 aromatic rings. The lowest BCUT2D eigenvalue weighted by Crippen LogP contribution is -2.39. The summed E-state index contributed by atoms with van der Waals surface area (Å²) in [5.41, 5.74) is 0. The van der Waals surface area contributed by atoms with Crippen molar-refractivity contribution in [2.24, 2.45) is 5.92 Å². The molecular weight excluding hydrogens is 174 g/mol. The van der Waals surface area contributed by atoms with E-state index in [1.807, 2.05) is 0 Å². The molecule has 1 heterocycles. The maximum Gasteiger partial charge on any atom is 0.0594 e. The van der Waals surface area contributed by atoms with Gasteiger partial charge in [0.25, 0.3) is 0 Å². The Balaban J connectivity index is 2.21. The van der Waals surface area contributed by atoms with Gasteiger partial charge in [-0.3, -0.25) is 4.90 Å². The van der Waals surface area contributed by atoms with E-state index in [1.165, 1.54) is 32.2 Å². The molecule has 2 nitrogen and oxygen atoms in total. The minimum Gasteiger partial charge on any atom is -0.379 e. The van der Waals surface area contributed by atoms with Crippen LogP contribution in [-0.2, 0) is 4.74 Å². The van der Waals surface area contributed by atoms with Crippen molar-refractivity contribution in [1.29, 1.82) is 0 Å². The predicted molar refractivity (Wildman–Crippen MR) is 60.6 cm³/mol. The fourth-order valence-corrected chi connectivity index (χ4v) is 2.29. The first kappa shape index (κ1) is 12.0. The molecular formula is C12H25NO. The second-order valence-corrected chi connectivity index (χ2v) is 4.36. The lowest BCUT2D eigenvalue weighted by atomic mass is 9.97. The molecule has 0 unspecified atom stereocenters. The van der Waals surface area contributed by atoms with Crippen LogP contribution in [0.3, 0.4) is 0 Å². The lowest BCUT2D eigenvalue weighted by molar-refractivity contribution is 0.0293. The molecule has 1 saturated heterocycles. The monoisotopic (exact) mass is 199 g/mol. The standard InChI is InChI=1S/C12H25NO/c1-3-5-12(6-4-2)11-13-7-9-14-10-8-13/h12H,3-11H2,1-2H3.